The first-order valence-corrected chi connectivity index (χ1v) is 8.64. The van der Waals surface area contributed by atoms with Gasteiger partial charge in [-0.3, -0.25) is 0 Å². The highest BCUT2D eigenvalue weighted by Gasteiger charge is 2.20. The molecule has 0 fully saturated rings. The molecular weight excluding hydrogens is 368 g/mol. The first-order chi connectivity index (χ1) is 12.2. The molecule has 9 heteroatoms. The molecule has 25 heavy (non-hydrogen) atoms. The Kier molecular flexibility index (Phi) is 4.29. The zero-order chi connectivity index (χ0) is 17.2. The van der Waals surface area contributed by atoms with Gasteiger partial charge in [0.15, 0.2) is 18.1 Å². The predicted molar refractivity (Wildman–Crippen MR) is 89.2 cm³/mol. The largest absolute Gasteiger partial charge is 0.486 e. The summed E-state index contributed by atoms with van der Waals surface area (Å²) >= 11 is 7.64. The lowest BCUT2D eigenvalue weighted by molar-refractivity contribution is 0.0458. The number of hydrogen-bond donors (Lipinski definition) is 0. The molecule has 128 valence electrons. The Morgan fingerprint density at radius 2 is 2.20 bits per heavy atom. The van der Waals surface area contributed by atoms with E-state index in [1.54, 1.807) is 0 Å². The summed E-state index contributed by atoms with van der Waals surface area (Å²) in [6, 6.07) is 4.88. The number of halogens is 1. The van der Waals surface area contributed by atoms with E-state index < -0.39 is 5.97 Å². The lowest BCUT2D eigenvalue weighted by Gasteiger charge is -2.19. The van der Waals surface area contributed by atoms with Crippen LogP contribution in [0.4, 0.5) is 0 Å². The van der Waals surface area contributed by atoms with Crippen molar-refractivity contribution in [1.82, 2.24) is 10.1 Å². The van der Waals surface area contributed by atoms with Gasteiger partial charge in [0.1, 0.15) is 13.2 Å². The van der Waals surface area contributed by atoms with E-state index in [0.29, 0.717) is 35.6 Å². The molecule has 0 aliphatic carbocycles. The van der Waals surface area contributed by atoms with Crippen LogP contribution in [0.1, 0.15) is 16.2 Å². The standard InChI is InChI=1S/C16H11ClN2O5S/c17-11-5-10(6-12-14(11)22-3-2-21-12)16(20)23-7-13-18-15(24-19-13)9-1-4-25-8-9/h1,4-6,8H,2-3,7H2. The van der Waals surface area contributed by atoms with Crippen LogP contribution in [0.5, 0.6) is 11.5 Å². The van der Waals surface area contributed by atoms with Crippen LogP contribution < -0.4 is 9.47 Å². The molecule has 1 aromatic carbocycles. The molecule has 0 atom stereocenters. The first kappa shape index (κ1) is 15.9. The van der Waals surface area contributed by atoms with Crippen LogP contribution in [-0.4, -0.2) is 29.3 Å². The highest BCUT2D eigenvalue weighted by atomic mass is 35.5. The van der Waals surface area contributed by atoms with Crippen molar-refractivity contribution >= 4 is 28.9 Å². The van der Waals surface area contributed by atoms with Crippen molar-refractivity contribution in [1.29, 1.82) is 0 Å². The molecule has 0 unspecified atom stereocenters. The molecule has 4 rings (SSSR count). The van der Waals surface area contributed by atoms with Crippen LogP contribution >= 0.6 is 22.9 Å². The van der Waals surface area contributed by atoms with Crippen molar-refractivity contribution < 1.29 is 23.5 Å². The summed E-state index contributed by atoms with van der Waals surface area (Å²) in [5.41, 5.74) is 1.09. The Morgan fingerprint density at radius 3 is 3.04 bits per heavy atom. The van der Waals surface area contributed by atoms with Crippen LogP contribution in [0.3, 0.4) is 0 Å². The summed E-state index contributed by atoms with van der Waals surface area (Å²) in [6.45, 7) is 0.704. The van der Waals surface area contributed by atoms with E-state index >= 15 is 0 Å². The summed E-state index contributed by atoms with van der Waals surface area (Å²) in [4.78, 5) is 16.4. The first-order valence-electron chi connectivity index (χ1n) is 7.32. The fourth-order valence-electron chi connectivity index (χ4n) is 2.26. The lowest BCUT2D eigenvalue weighted by atomic mass is 10.2. The van der Waals surface area contributed by atoms with E-state index in [4.69, 9.17) is 30.3 Å². The molecule has 0 spiro atoms. The number of thiophene rings is 1. The van der Waals surface area contributed by atoms with Gasteiger partial charge in [0.25, 0.3) is 5.89 Å². The fraction of sp³-hybridized carbons (Fsp3) is 0.188. The Hall–Kier alpha value is -2.58. The van der Waals surface area contributed by atoms with Gasteiger partial charge in [-0.05, 0) is 23.6 Å². The van der Waals surface area contributed by atoms with Crippen molar-refractivity contribution in [2.45, 2.75) is 6.61 Å². The van der Waals surface area contributed by atoms with Crippen molar-refractivity contribution in [2.75, 3.05) is 13.2 Å². The number of aromatic nitrogens is 2. The van der Waals surface area contributed by atoms with Crippen LogP contribution in [0.15, 0.2) is 33.5 Å². The van der Waals surface area contributed by atoms with Gasteiger partial charge >= 0.3 is 5.97 Å². The molecule has 1 aliphatic rings. The molecule has 0 saturated carbocycles. The third-order valence-corrected chi connectivity index (χ3v) is 4.37. The van der Waals surface area contributed by atoms with Gasteiger partial charge in [0.2, 0.25) is 5.82 Å². The number of carbonyl (C=O) groups excluding carboxylic acids is 1. The molecular formula is C16H11ClN2O5S. The second-order valence-electron chi connectivity index (χ2n) is 5.09. The molecule has 1 aliphatic heterocycles. The number of rotatable bonds is 4. The molecule has 0 amide bonds. The van der Waals surface area contributed by atoms with Crippen molar-refractivity contribution in [3.05, 3.63) is 45.4 Å². The van der Waals surface area contributed by atoms with Gasteiger partial charge in [-0.1, -0.05) is 16.8 Å². The van der Waals surface area contributed by atoms with Crippen LogP contribution in [0, 0.1) is 0 Å². The topological polar surface area (TPSA) is 83.7 Å². The maximum atomic E-state index is 12.2. The highest BCUT2D eigenvalue weighted by Crippen LogP contribution is 2.38. The minimum Gasteiger partial charge on any atom is -0.486 e. The second-order valence-corrected chi connectivity index (χ2v) is 6.27. The Balaban J connectivity index is 1.45. The van der Waals surface area contributed by atoms with Gasteiger partial charge in [-0.25, -0.2) is 4.79 Å². The molecule has 0 saturated heterocycles. The molecule has 0 N–H and O–H groups in total. The number of nitrogens with zero attached hydrogens (tertiary/aromatic N) is 2. The normalized spacial score (nSPS) is 12.8. The van der Waals surface area contributed by atoms with Gasteiger partial charge < -0.3 is 18.7 Å². The molecule has 0 bridgehead atoms. The van der Waals surface area contributed by atoms with E-state index in [-0.39, 0.29) is 18.0 Å². The Morgan fingerprint density at radius 1 is 1.32 bits per heavy atom. The van der Waals surface area contributed by atoms with Gasteiger partial charge in [0.05, 0.1) is 16.1 Å². The maximum Gasteiger partial charge on any atom is 0.338 e. The third-order valence-electron chi connectivity index (χ3n) is 3.40. The fourth-order valence-corrected chi connectivity index (χ4v) is 3.15. The molecule has 7 nitrogen and oxygen atoms in total. The average Bonchev–Trinajstić information content (AvgIpc) is 3.31. The third kappa shape index (κ3) is 3.31. The predicted octanol–water partition coefficient (Wildman–Crippen LogP) is 3.58. The number of hydrogen-bond acceptors (Lipinski definition) is 8. The van der Waals surface area contributed by atoms with E-state index in [1.807, 2.05) is 16.8 Å². The van der Waals surface area contributed by atoms with Crippen molar-refractivity contribution in [3.63, 3.8) is 0 Å². The summed E-state index contributed by atoms with van der Waals surface area (Å²) < 4.78 is 21.2. The van der Waals surface area contributed by atoms with Gasteiger partial charge in [-0.2, -0.15) is 16.3 Å². The minimum atomic E-state index is -0.569. The second kappa shape index (κ2) is 6.73. The zero-order valence-electron chi connectivity index (χ0n) is 12.7. The summed E-state index contributed by atoms with van der Waals surface area (Å²) in [6.07, 6.45) is 0. The number of carbonyl (C=O) groups is 1. The number of esters is 1. The van der Waals surface area contributed by atoms with Crippen LogP contribution in [-0.2, 0) is 11.3 Å². The molecule has 3 aromatic rings. The lowest BCUT2D eigenvalue weighted by Crippen LogP contribution is -2.16. The van der Waals surface area contributed by atoms with Crippen LogP contribution in [0.25, 0.3) is 11.5 Å². The Labute approximate surface area is 151 Å². The van der Waals surface area contributed by atoms with Crippen molar-refractivity contribution in [3.8, 4) is 23.0 Å². The Bertz CT molecular complexity index is 909. The van der Waals surface area contributed by atoms with Crippen molar-refractivity contribution in [2.24, 2.45) is 0 Å². The van der Waals surface area contributed by atoms with E-state index in [0.717, 1.165) is 5.56 Å². The average molecular weight is 379 g/mol. The summed E-state index contributed by atoms with van der Waals surface area (Å²) in [5.74, 6) is 0.946. The minimum absolute atomic E-state index is 0.113. The molecule has 3 heterocycles. The SMILES string of the molecule is O=C(OCc1noc(-c2ccsc2)n1)c1cc(Cl)c2c(c1)OCCO2. The smallest absolute Gasteiger partial charge is 0.338 e. The quantitative estimate of drug-likeness (QED) is 0.641. The van der Waals surface area contributed by atoms with E-state index in [1.165, 1.54) is 23.5 Å². The highest BCUT2D eigenvalue weighted by molar-refractivity contribution is 7.08. The molecule has 0 radical (unpaired) electrons. The number of benzene rings is 1. The summed E-state index contributed by atoms with van der Waals surface area (Å²) in [5, 5.41) is 7.89. The maximum absolute atomic E-state index is 12.2. The molecule has 2 aromatic heterocycles. The monoisotopic (exact) mass is 378 g/mol. The van der Waals surface area contributed by atoms with Gasteiger partial charge in [0, 0.05) is 5.38 Å². The number of ether oxygens (including phenoxy) is 3. The zero-order valence-corrected chi connectivity index (χ0v) is 14.3. The number of fused-ring (bicyclic) bond motifs is 1. The van der Waals surface area contributed by atoms with E-state index in [9.17, 15) is 4.79 Å². The summed E-state index contributed by atoms with van der Waals surface area (Å²) in [7, 11) is 0. The van der Waals surface area contributed by atoms with E-state index in [2.05, 4.69) is 10.1 Å². The van der Waals surface area contributed by atoms with Crippen LogP contribution in [0.2, 0.25) is 5.02 Å². The van der Waals surface area contributed by atoms with Gasteiger partial charge in [-0.15, -0.1) is 0 Å².